The average Bonchev–Trinajstić information content (AvgIpc) is 2.79. The van der Waals surface area contributed by atoms with Crippen molar-refractivity contribution in [3.05, 3.63) is 40.9 Å². The summed E-state index contributed by atoms with van der Waals surface area (Å²) in [5, 5.41) is 12.2. The predicted molar refractivity (Wildman–Crippen MR) is 110 cm³/mol. The number of hydrogen-bond donors (Lipinski definition) is 2. The van der Waals surface area contributed by atoms with Crippen molar-refractivity contribution in [3.63, 3.8) is 0 Å². The minimum Gasteiger partial charge on any atom is -0.481 e. The number of rotatable bonds is 6. The maximum Gasteiger partial charge on any atom is 0.492 e. The number of nitrogens with one attached hydrogen (secondary N) is 1. The maximum absolute atomic E-state index is 11.4. The summed E-state index contributed by atoms with van der Waals surface area (Å²) in [5.41, 5.74) is 0.452. The van der Waals surface area contributed by atoms with E-state index in [4.69, 9.17) is 9.31 Å². The molecule has 0 aliphatic carbocycles. The summed E-state index contributed by atoms with van der Waals surface area (Å²) in [7, 11) is -0.577. The van der Waals surface area contributed by atoms with Gasteiger partial charge in [-0.25, -0.2) is 0 Å². The molecule has 0 radical (unpaired) electrons. The van der Waals surface area contributed by atoms with E-state index < -0.39 is 29.7 Å². The largest absolute Gasteiger partial charge is 0.492 e. The third-order valence-corrected chi connectivity index (χ3v) is 5.62. The second-order valence-electron chi connectivity index (χ2n) is 8.77. The van der Waals surface area contributed by atoms with Crippen LogP contribution in [0.1, 0.15) is 59.6 Å². The first-order valence-electron chi connectivity index (χ1n) is 9.41. The fourth-order valence-electron chi connectivity index (χ4n) is 2.76. The molecule has 7 heteroatoms. The lowest BCUT2D eigenvalue weighted by molar-refractivity contribution is -0.142. The smallest absolute Gasteiger partial charge is 0.481 e. The van der Waals surface area contributed by atoms with E-state index in [9.17, 15) is 14.7 Å². The van der Waals surface area contributed by atoms with Crippen LogP contribution in [0, 0.1) is 0 Å². The number of carboxylic acids is 1. The third-order valence-electron chi connectivity index (χ3n) is 5.62. The van der Waals surface area contributed by atoms with Gasteiger partial charge in [-0.2, -0.15) is 0 Å². The zero-order valence-corrected chi connectivity index (χ0v) is 17.8. The molecule has 1 fully saturated rings. The Morgan fingerprint density at radius 3 is 2.04 bits per heavy atom. The van der Waals surface area contributed by atoms with Crippen LogP contribution in [-0.4, -0.2) is 41.8 Å². The highest BCUT2D eigenvalue weighted by molar-refractivity contribution is 6.56. The number of aliphatic carboxylic acids is 1. The van der Waals surface area contributed by atoms with E-state index in [1.807, 2.05) is 45.9 Å². The van der Waals surface area contributed by atoms with Crippen molar-refractivity contribution < 1.29 is 24.0 Å². The van der Waals surface area contributed by atoms with E-state index in [-0.39, 0.29) is 5.91 Å². The van der Waals surface area contributed by atoms with Crippen molar-refractivity contribution in [1.82, 2.24) is 5.32 Å². The zero-order valence-electron chi connectivity index (χ0n) is 17.8. The van der Waals surface area contributed by atoms with Crippen molar-refractivity contribution in [2.24, 2.45) is 0 Å². The Morgan fingerprint density at radius 2 is 1.61 bits per heavy atom. The van der Waals surface area contributed by atoms with Gasteiger partial charge < -0.3 is 19.7 Å². The van der Waals surface area contributed by atoms with Crippen LogP contribution in [0.4, 0.5) is 0 Å². The fourth-order valence-corrected chi connectivity index (χ4v) is 2.76. The van der Waals surface area contributed by atoms with Gasteiger partial charge in [0.1, 0.15) is 0 Å². The summed E-state index contributed by atoms with van der Waals surface area (Å²) in [6.07, 6.45) is 1.91. The molecule has 152 valence electrons. The van der Waals surface area contributed by atoms with Gasteiger partial charge in [-0.1, -0.05) is 30.3 Å². The van der Waals surface area contributed by atoms with Gasteiger partial charge in [-0.05, 0) is 58.1 Å². The summed E-state index contributed by atoms with van der Waals surface area (Å²) in [5.74, 6) is -1.01. The first-order chi connectivity index (χ1) is 12.8. The number of benzene rings is 1. The van der Waals surface area contributed by atoms with Crippen LogP contribution < -0.4 is 5.32 Å². The number of amides is 1. The third kappa shape index (κ3) is 4.65. The first-order valence-corrected chi connectivity index (χ1v) is 9.41. The molecule has 1 heterocycles. The maximum atomic E-state index is 11.4. The van der Waals surface area contributed by atoms with Crippen LogP contribution in [0.15, 0.2) is 29.7 Å². The summed E-state index contributed by atoms with van der Waals surface area (Å²) in [6.45, 7) is 13.0. The number of carbonyl (C=O) groups is 2. The first kappa shape index (κ1) is 22.2. The van der Waals surface area contributed by atoms with E-state index >= 15 is 0 Å². The van der Waals surface area contributed by atoms with Crippen LogP contribution in [0.3, 0.4) is 0 Å². The van der Waals surface area contributed by atoms with Crippen molar-refractivity contribution in [1.29, 1.82) is 0 Å². The van der Waals surface area contributed by atoms with Gasteiger partial charge in [0, 0.05) is 13.5 Å². The standard InChI is InChI=1S/C21H30BNO5/c1-14(24)23-13-17(22-27-20(4,5)21(6,7)28-22)12-15-8-10-16(11-9-15)19(2,3)18(25)26/h8-12H,13H2,1-7H3,(H,23,24)(H,25,26). The lowest BCUT2D eigenvalue weighted by atomic mass is 9.76. The SMILES string of the molecule is CC(=O)NCC(=Cc1ccc(C(C)(C)C(=O)O)cc1)B1OC(C)(C)C(C)(C)O1. The van der Waals surface area contributed by atoms with Crippen LogP contribution in [0.25, 0.3) is 6.08 Å². The van der Waals surface area contributed by atoms with Gasteiger partial charge in [-0.3, -0.25) is 9.59 Å². The molecule has 1 saturated heterocycles. The summed E-state index contributed by atoms with van der Waals surface area (Å²) in [6, 6.07) is 7.33. The molecule has 1 aliphatic rings. The van der Waals surface area contributed by atoms with Crippen LogP contribution in [0.2, 0.25) is 0 Å². The van der Waals surface area contributed by atoms with Gasteiger partial charge in [0.2, 0.25) is 5.91 Å². The quantitative estimate of drug-likeness (QED) is 0.733. The van der Waals surface area contributed by atoms with Crippen LogP contribution in [-0.2, 0) is 24.3 Å². The lowest BCUT2D eigenvalue weighted by Crippen LogP contribution is -2.41. The molecule has 0 bridgehead atoms. The molecule has 1 amide bonds. The average molecular weight is 387 g/mol. The highest BCUT2D eigenvalue weighted by Gasteiger charge is 2.52. The predicted octanol–water partition coefficient (Wildman–Crippen LogP) is 3.20. The molecule has 2 N–H and O–H groups in total. The molecule has 0 unspecified atom stereocenters. The van der Waals surface area contributed by atoms with Gasteiger partial charge >= 0.3 is 13.1 Å². The molecule has 2 rings (SSSR count). The van der Waals surface area contributed by atoms with E-state index in [0.717, 1.165) is 16.6 Å². The molecular weight excluding hydrogens is 357 g/mol. The summed E-state index contributed by atoms with van der Waals surface area (Å²) >= 11 is 0. The van der Waals surface area contributed by atoms with Gasteiger partial charge in [0.05, 0.1) is 16.6 Å². The Kier molecular flexibility index (Phi) is 6.11. The monoisotopic (exact) mass is 387 g/mol. The molecule has 0 aromatic heterocycles. The fraction of sp³-hybridized carbons (Fsp3) is 0.524. The minimum atomic E-state index is -0.965. The Balaban J connectivity index is 2.32. The highest BCUT2D eigenvalue weighted by Crippen LogP contribution is 2.38. The number of carboxylic acid groups (broad SMARTS) is 1. The van der Waals surface area contributed by atoms with Crippen LogP contribution >= 0.6 is 0 Å². The molecule has 1 aliphatic heterocycles. The Hall–Kier alpha value is -2.12. The molecule has 0 spiro atoms. The highest BCUT2D eigenvalue weighted by atomic mass is 16.7. The van der Waals surface area contributed by atoms with Crippen molar-refractivity contribution in [3.8, 4) is 0 Å². The molecular formula is C21H30BNO5. The van der Waals surface area contributed by atoms with E-state index in [1.54, 1.807) is 26.0 Å². The van der Waals surface area contributed by atoms with Gasteiger partial charge in [0.25, 0.3) is 0 Å². The van der Waals surface area contributed by atoms with Crippen molar-refractivity contribution >= 4 is 25.1 Å². The minimum absolute atomic E-state index is 0.138. The summed E-state index contributed by atoms with van der Waals surface area (Å²) in [4.78, 5) is 22.9. The molecule has 1 aromatic rings. The molecule has 6 nitrogen and oxygen atoms in total. The topological polar surface area (TPSA) is 84.9 Å². The Morgan fingerprint density at radius 1 is 1.11 bits per heavy atom. The number of carbonyl (C=O) groups excluding carboxylic acids is 1. The lowest BCUT2D eigenvalue weighted by Gasteiger charge is -2.32. The van der Waals surface area contributed by atoms with E-state index in [2.05, 4.69) is 5.32 Å². The van der Waals surface area contributed by atoms with Gasteiger partial charge in [-0.15, -0.1) is 0 Å². The zero-order chi connectivity index (χ0) is 21.3. The molecule has 28 heavy (non-hydrogen) atoms. The molecule has 0 atom stereocenters. The van der Waals surface area contributed by atoms with Crippen molar-refractivity contribution in [2.45, 2.75) is 65.1 Å². The van der Waals surface area contributed by atoms with Crippen molar-refractivity contribution in [2.75, 3.05) is 6.54 Å². The van der Waals surface area contributed by atoms with Gasteiger partial charge in [0.15, 0.2) is 0 Å². The second kappa shape index (κ2) is 7.72. The Bertz CT molecular complexity index is 764. The molecule has 0 saturated carbocycles. The molecule has 1 aromatic carbocycles. The number of hydrogen-bond acceptors (Lipinski definition) is 4. The Labute approximate surface area is 167 Å². The van der Waals surface area contributed by atoms with Crippen LogP contribution in [0.5, 0.6) is 0 Å². The van der Waals surface area contributed by atoms with E-state index in [1.165, 1.54) is 6.92 Å². The van der Waals surface area contributed by atoms with E-state index in [0.29, 0.717) is 6.54 Å². The second-order valence-corrected chi connectivity index (χ2v) is 8.77. The normalized spacial score (nSPS) is 18.8. The summed E-state index contributed by atoms with van der Waals surface area (Å²) < 4.78 is 12.2.